The number of nitrogen functional groups attached to an aromatic ring is 1. The summed E-state index contributed by atoms with van der Waals surface area (Å²) in [5, 5.41) is 6.08. The number of halogens is 1. The van der Waals surface area contributed by atoms with Gasteiger partial charge in [0.1, 0.15) is 25.3 Å². The number of carbonyl (C=O) groups is 1. The number of carbonyl (C=O) groups excluding carboxylic acids is 1. The molecule has 0 radical (unpaired) electrons. The van der Waals surface area contributed by atoms with Crippen molar-refractivity contribution in [3.63, 3.8) is 0 Å². The lowest BCUT2D eigenvalue weighted by atomic mass is 10.1. The molecule has 1 saturated heterocycles. The van der Waals surface area contributed by atoms with E-state index in [4.69, 9.17) is 31.5 Å². The molecule has 4 N–H and O–H groups in total. The smallest absolute Gasteiger partial charge is 0.323 e. The monoisotopic (exact) mass is 579 g/mol. The number of nitrogens with one attached hydrogen (secondary N) is 2. The molecule has 1 fully saturated rings. The van der Waals surface area contributed by atoms with Gasteiger partial charge in [0.05, 0.1) is 12.4 Å². The van der Waals surface area contributed by atoms with Crippen molar-refractivity contribution in [2.24, 2.45) is 5.92 Å². The van der Waals surface area contributed by atoms with Gasteiger partial charge in [0, 0.05) is 25.5 Å². The normalized spacial score (nSPS) is 23.6. The van der Waals surface area contributed by atoms with Crippen LogP contribution in [-0.4, -0.2) is 57.1 Å². The maximum Gasteiger partial charge on any atom is 0.323 e. The van der Waals surface area contributed by atoms with Gasteiger partial charge in [-0.25, -0.2) is 9.37 Å². The van der Waals surface area contributed by atoms with E-state index in [0.717, 1.165) is 5.56 Å². The Kier molecular flexibility index (Phi) is 8.87. The summed E-state index contributed by atoms with van der Waals surface area (Å²) in [5.74, 6) is -2.30. The number of imidazole rings is 1. The molecule has 0 amide bonds. The highest BCUT2D eigenvalue weighted by molar-refractivity contribution is 8.10. The first-order valence-corrected chi connectivity index (χ1v) is 15.6. The summed E-state index contributed by atoms with van der Waals surface area (Å²) in [6.45, 7) is 6.66. The van der Waals surface area contributed by atoms with Gasteiger partial charge in [0.2, 0.25) is 11.8 Å². The van der Waals surface area contributed by atoms with Gasteiger partial charge in [-0.2, -0.15) is 9.97 Å². The molecule has 0 spiro atoms. The SMILES string of the molecule is CNc1nc(N)nc2c1ncn2[C@@H]1O[C@](F)(CO[P@@](=S)(Cc2ccccc2)N[C@H](C)C(=O)OC(C)C)C[C@@H]1C. The van der Waals surface area contributed by atoms with E-state index < -0.39 is 37.1 Å². The number of fused-ring (bicyclic) bond motifs is 1. The van der Waals surface area contributed by atoms with Crippen molar-refractivity contribution < 1.29 is 23.2 Å². The Balaban J connectivity index is 1.53. The zero-order valence-corrected chi connectivity index (χ0v) is 24.3. The maximum absolute atomic E-state index is 16.2. The summed E-state index contributed by atoms with van der Waals surface area (Å²) >= 11 is 5.92. The quantitative estimate of drug-likeness (QED) is 0.223. The highest BCUT2D eigenvalue weighted by Gasteiger charge is 2.48. The van der Waals surface area contributed by atoms with E-state index in [2.05, 4.69) is 25.4 Å². The largest absolute Gasteiger partial charge is 0.462 e. The van der Waals surface area contributed by atoms with Crippen LogP contribution in [0.5, 0.6) is 0 Å². The molecular weight excluding hydrogens is 544 g/mol. The van der Waals surface area contributed by atoms with Gasteiger partial charge in [-0.05, 0) is 38.1 Å². The van der Waals surface area contributed by atoms with Gasteiger partial charge < -0.3 is 25.0 Å². The highest BCUT2D eigenvalue weighted by Crippen LogP contribution is 2.51. The molecule has 2 aromatic heterocycles. The Hall–Kier alpha value is -2.70. The Morgan fingerprint density at radius 3 is 2.72 bits per heavy atom. The number of nitrogens with zero attached hydrogens (tertiary/aromatic N) is 4. The number of hydrogen-bond acceptors (Lipinski definition) is 10. The zero-order chi connectivity index (χ0) is 28.4. The lowest BCUT2D eigenvalue weighted by molar-refractivity contribution is -0.172. The fourth-order valence-corrected chi connectivity index (χ4v) is 7.64. The van der Waals surface area contributed by atoms with Crippen molar-refractivity contribution in [2.75, 3.05) is 24.7 Å². The number of anilines is 2. The molecule has 0 bridgehead atoms. The number of aromatic nitrogens is 4. The Morgan fingerprint density at radius 1 is 1.33 bits per heavy atom. The van der Waals surface area contributed by atoms with E-state index in [1.165, 1.54) is 6.33 Å². The molecule has 0 aliphatic carbocycles. The second-order valence-electron chi connectivity index (χ2n) is 10.0. The fraction of sp³-hybridized carbons (Fsp3) is 0.520. The molecule has 1 aliphatic rings. The Bertz CT molecular complexity index is 1360. The predicted molar refractivity (Wildman–Crippen MR) is 151 cm³/mol. The molecule has 4 rings (SSSR count). The van der Waals surface area contributed by atoms with E-state index in [1.54, 1.807) is 32.4 Å². The van der Waals surface area contributed by atoms with Gasteiger partial charge >= 0.3 is 5.97 Å². The van der Waals surface area contributed by atoms with Crippen LogP contribution in [0.25, 0.3) is 11.2 Å². The molecule has 0 unspecified atom stereocenters. The van der Waals surface area contributed by atoms with Crippen LogP contribution in [0.3, 0.4) is 0 Å². The van der Waals surface area contributed by atoms with Gasteiger partial charge in [-0.1, -0.05) is 37.3 Å². The van der Waals surface area contributed by atoms with E-state index >= 15 is 4.39 Å². The van der Waals surface area contributed by atoms with Crippen LogP contribution in [0.4, 0.5) is 16.2 Å². The van der Waals surface area contributed by atoms with Gasteiger partial charge in [-0.15, -0.1) is 0 Å². The minimum atomic E-state index is -2.95. The van der Waals surface area contributed by atoms with Crippen molar-refractivity contribution in [3.05, 3.63) is 42.2 Å². The van der Waals surface area contributed by atoms with E-state index in [1.807, 2.05) is 37.3 Å². The number of alkyl halides is 1. The second kappa shape index (κ2) is 11.8. The molecule has 3 aromatic rings. The zero-order valence-electron chi connectivity index (χ0n) is 22.6. The molecule has 39 heavy (non-hydrogen) atoms. The minimum absolute atomic E-state index is 0.0579. The summed E-state index contributed by atoms with van der Waals surface area (Å²) in [6.07, 6.45) is -2.02. The minimum Gasteiger partial charge on any atom is -0.462 e. The van der Waals surface area contributed by atoms with E-state index in [0.29, 0.717) is 23.1 Å². The van der Waals surface area contributed by atoms with Crippen molar-refractivity contribution in [2.45, 2.75) is 64.5 Å². The van der Waals surface area contributed by atoms with Crippen molar-refractivity contribution in [1.29, 1.82) is 0 Å². The topological polar surface area (TPSA) is 138 Å². The summed E-state index contributed by atoms with van der Waals surface area (Å²) in [4.78, 5) is 25.3. The van der Waals surface area contributed by atoms with Crippen LogP contribution in [0.15, 0.2) is 36.7 Å². The van der Waals surface area contributed by atoms with Crippen LogP contribution in [0.1, 0.15) is 45.9 Å². The maximum atomic E-state index is 16.2. The standard InChI is InChI=1S/C25H35FN7O4PS/c1-15(2)36-23(34)17(4)32-38(39,12-18-9-7-6-8-10-18)35-13-25(26)11-16(3)22(37-25)33-14-29-19-20(28-5)30-24(27)31-21(19)33/h6-10,14-17,22H,11-13H2,1-5H3,(H,32,39)(H3,27,28,30,31)/t16-,17+,22+,25-,38+/m0/s1. The molecule has 212 valence electrons. The summed E-state index contributed by atoms with van der Waals surface area (Å²) in [7, 11) is 1.70. The van der Waals surface area contributed by atoms with Gasteiger partial charge in [-0.3, -0.25) is 14.4 Å². The highest BCUT2D eigenvalue weighted by atomic mass is 32.4. The third-order valence-electron chi connectivity index (χ3n) is 6.21. The third kappa shape index (κ3) is 6.90. The Labute approximate surface area is 232 Å². The number of esters is 1. The average Bonchev–Trinajstić information content (AvgIpc) is 3.42. The average molecular weight is 580 g/mol. The van der Waals surface area contributed by atoms with E-state index in [9.17, 15) is 4.79 Å². The number of hydrogen-bond donors (Lipinski definition) is 3. The number of nitrogens with two attached hydrogens (primary N) is 1. The first-order chi connectivity index (χ1) is 18.4. The number of rotatable bonds is 11. The summed E-state index contributed by atoms with van der Waals surface area (Å²) < 4.78 is 35.2. The summed E-state index contributed by atoms with van der Waals surface area (Å²) in [6, 6.07) is 8.76. The second-order valence-corrected chi connectivity index (χ2v) is 14.0. The molecular formula is C25H35FN7O4PS. The molecule has 3 heterocycles. The summed E-state index contributed by atoms with van der Waals surface area (Å²) in [5.41, 5.74) is 7.72. The van der Waals surface area contributed by atoms with E-state index in [-0.39, 0.29) is 24.4 Å². The lowest BCUT2D eigenvalue weighted by Crippen LogP contribution is -2.37. The van der Waals surface area contributed by atoms with Crippen LogP contribution in [0.2, 0.25) is 0 Å². The van der Waals surface area contributed by atoms with Crippen LogP contribution >= 0.6 is 6.42 Å². The Morgan fingerprint density at radius 2 is 2.05 bits per heavy atom. The molecule has 1 aromatic carbocycles. The van der Waals surface area contributed by atoms with Gasteiger partial charge in [0.25, 0.3) is 0 Å². The number of benzene rings is 1. The predicted octanol–water partition coefficient (Wildman–Crippen LogP) is 4.13. The first-order valence-electron chi connectivity index (χ1n) is 12.7. The van der Waals surface area contributed by atoms with Crippen LogP contribution < -0.4 is 16.1 Å². The molecule has 14 heteroatoms. The fourth-order valence-electron chi connectivity index (χ4n) is 4.52. The molecule has 0 saturated carbocycles. The third-order valence-corrected chi connectivity index (χ3v) is 9.34. The molecule has 11 nitrogen and oxygen atoms in total. The lowest BCUT2D eigenvalue weighted by Gasteiger charge is -2.30. The molecule has 1 aliphatic heterocycles. The van der Waals surface area contributed by atoms with Crippen molar-refractivity contribution in [1.82, 2.24) is 24.6 Å². The first kappa shape index (κ1) is 29.3. The number of ether oxygens (including phenoxy) is 2. The molecule has 5 atom stereocenters. The van der Waals surface area contributed by atoms with Crippen molar-refractivity contribution in [3.8, 4) is 0 Å². The van der Waals surface area contributed by atoms with Crippen LogP contribution in [0, 0.1) is 5.92 Å². The van der Waals surface area contributed by atoms with Crippen LogP contribution in [-0.2, 0) is 36.8 Å². The van der Waals surface area contributed by atoms with Crippen molar-refractivity contribution >= 4 is 47.1 Å². The van der Waals surface area contributed by atoms with Gasteiger partial charge in [0.15, 0.2) is 17.0 Å².